The summed E-state index contributed by atoms with van der Waals surface area (Å²) in [5, 5.41) is 5.33. The van der Waals surface area contributed by atoms with Gasteiger partial charge in [0, 0.05) is 5.69 Å². The van der Waals surface area contributed by atoms with Gasteiger partial charge in [-0.3, -0.25) is 4.79 Å². The molecule has 0 heterocycles. The largest absolute Gasteiger partial charge is 0.326 e. The Morgan fingerprint density at radius 3 is 2.59 bits per heavy atom. The molecule has 0 aliphatic heterocycles. The molecule has 0 unspecified atom stereocenters. The van der Waals surface area contributed by atoms with Crippen LogP contribution in [-0.4, -0.2) is 5.91 Å². The molecule has 0 atom stereocenters. The molecule has 22 heavy (non-hydrogen) atoms. The number of fused-ring (bicyclic) bond motifs is 1. The van der Waals surface area contributed by atoms with Gasteiger partial charge in [0.25, 0.3) is 0 Å². The van der Waals surface area contributed by atoms with E-state index < -0.39 is 0 Å². The van der Waals surface area contributed by atoms with Crippen LogP contribution in [0, 0.1) is 13.8 Å². The standard InChI is InChI=1S/C20H19NO/c1-14-10-11-15(2)19(12-14)21-20(22)13-17-8-5-7-16-6-3-4-9-18(16)17/h3-12H,13H2,1-2H3,(H,21,22). The van der Waals surface area contributed by atoms with E-state index in [1.807, 2.05) is 50.2 Å². The fourth-order valence-corrected chi connectivity index (χ4v) is 2.68. The molecule has 0 saturated carbocycles. The lowest BCUT2D eigenvalue weighted by atomic mass is 10.0. The van der Waals surface area contributed by atoms with Gasteiger partial charge in [-0.05, 0) is 47.4 Å². The van der Waals surface area contributed by atoms with Crippen molar-refractivity contribution in [2.75, 3.05) is 5.32 Å². The minimum Gasteiger partial charge on any atom is -0.326 e. The van der Waals surface area contributed by atoms with E-state index in [-0.39, 0.29) is 5.91 Å². The third-order valence-corrected chi connectivity index (χ3v) is 3.90. The summed E-state index contributed by atoms with van der Waals surface area (Å²) in [7, 11) is 0. The van der Waals surface area contributed by atoms with Crippen LogP contribution in [0.25, 0.3) is 10.8 Å². The summed E-state index contributed by atoms with van der Waals surface area (Å²) in [5.74, 6) is 0.0186. The van der Waals surface area contributed by atoms with E-state index in [9.17, 15) is 4.79 Å². The van der Waals surface area contributed by atoms with Crippen molar-refractivity contribution in [2.24, 2.45) is 0 Å². The number of aryl methyl sites for hydroxylation is 2. The van der Waals surface area contributed by atoms with Gasteiger partial charge in [0.1, 0.15) is 0 Å². The lowest BCUT2D eigenvalue weighted by Crippen LogP contribution is -2.15. The number of benzene rings is 3. The predicted molar refractivity (Wildman–Crippen MR) is 92.2 cm³/mol. The van der Waals surface area contributed by atoms with Gasteiger partial charge in [-0.15, -0.1) is 0 Å². The quantitative estimate of drug-likeness (QED) is 0.748. The number of carbonyl (C=O) groups is 1. The van der Waals surface area contributed by atoms with Gasteiger partial charge in [-0.2, -0.15) is 0 Å². The van der Waals surface area contributed by atoms with Crippen LogP contribution in [0.2, 0.25) is 0 Å². The number of nitrogens with one attached hydrogen (secondary N) is 1. The highest BCUT2D eigenvalue weighted by Crippen LogP contribution is 2.20. The number of anilines is 1. The van der Waals surface area contributed by atoms with E-state index >= 15 is 0 Å². The Balaban J connectivity index is 1.83. The van der Waals surface area contributed by atoms with Crippen LogP contribution in [-0.2, 0) is 11.2 Å². The first kappa shape index (κ1) is 14.3. The topological polar surface area (TPSA) is 29.1 Å². The Hall–Kier alpha value is -2.61. The lowest BCUT2D eigenvalue weighted by molar-refractivity contribution is -0.115. The minimum absolute atomic E-state index is 0.0186. The maximum absolute atomic E-state index is 12.4. The molecule has 2 nitrogen and oxygen atoms in total. The highest BCUT2D eigenvalue weighted by Gasteiger charge is 2.08. The summed E-state index contributed by atoms with van der Waals surface area (Å²) in [6, 6.07) is 20.3. The van der Waals surface area contributed by atoms with E-state index in [2.05, 4.69) is 29.6 Å². The van der Waals surface area contributed by atoms with E-state index in [0.29, 0.717) is 6.42 Å². The van der Waals surface area contributed by atoms with Crippen molar-refractivity contribution >= 4 is 22.4 Å². The van der Waals surface area contributed by atoms with Crippen molar-refractivity contribution in [3.05, 3.63) is 77.4 Å². The normalized spacial score (nSPS) is 10.6. The SMILES string of the molecule is Cc1ccc(C)c(NC(=O)Cc2cccc3ccccc23)c1. The molecular formula is C20H19NO. The molecule has 3 aromatic carbocycles. The summed E-state index contributed by atoms with van der Waals surface area (Å²) in [6.45, 7) is 4.03. The summed E-state index contributed by atoms with van der Waals surface area (Å²) in [5.41, 5.74) is 4.18. The monoisotopic (exact) mass is 289 g/mol. The molecule has 0 aliphatic rings. The van der Waals surface area contributed by atoms with Gasteiger partial charge >= 0.3 is 0 Å². The van der Waals surface area contributed by atoms with Crippen molar-refractivity contribution in [1.82, 2.24) is 0 Å². The van der Waals surface area contributed by atoms with Gasteiger partial charge in [-0.1, -0.05) is 54.6 Å². The number of carbonyl (C=O) groups excluding carboxylic acids is 1. The second-order valence-electron chi connectivity index (χ2n) is 5.68. The van der Waals surface area contributed by atoms with E-state index in [0.717, 1.165) is 27.8 Å². The van der Waals surface area contributed by atoms with E-state index in [1.54, 1.807) is 0 Å². The molecule has 1 amide bonds. The van der Waals surface area contributed by atoms with Crippen LogP contribution in [0.15, 0.2) is 60.7 Å². The number of amides is 1. The molecule has 0 radical (unpaired) electrons. The molecule has 0 spiro atoms. The first-order valence-electron chi connectivity index (χ1n) is 7.47. The summed E-state index contributed by atoms with van der Waals surface area (Å²) in [6.07, 6.45) is 0.384. The first-order valence-corrected chi connectivity index (χ1v) is 7.47. The Morgan fingerprint density at radius 2 is 1.73 bits per heavy atom. The third-order valence-electron chi connectivity index (χ3n) is 3.90. The fraction of sp³-hybridized carbons (Fsp3) is 0.150. The second-order valence-corrected chi connectivity index (χ2v) is 5.68. The maximum Gasteiger partial charge on any atom is 0.228 e. The van der Waals surface area contributed by atoms with Crippen LogP contribution in [0.1, 0.15) is 16.7 Å². The third kappa shape index (κ3) is 3.01. The smallest absolute Gasteiger partial charge is 0.228 e. The van der Waals surface area contributed by atoms with Crippen molar-refractivity contribution in [2.45, 2.75) is 20.3 Å². The zero-order valence-electron chi connectivity index (χ0n) is 12.9. The molecule has 3 rings (SSSR count). The molecule has 110 valence electrons. The molecule has 2 heteroatoms. The van der Waals surface area contributed by atoms with Crippen molar-refractivity contribution < 1.29 is 4.79 Å². The van der Waals surface area contributed by atoms with Crippen LogP contribution in [0.4, 0.5) is 5.69 Å². The van der Waals surface area contributed by atoms with Gasteiger partial charge in [0.2, 0.25) is 5.91 Å². The zero-order chi connectivity index (χ0) is 15.5. The van der Waals surface area contributed by atoms with Crippen LogP contribution in [0.5, 0.6) is 0 Å². The molecule has 0 saturated heterocycles. The minimum atomic E-state index is 0.0186. The van der Waals surface area contributed by atoms with Crippen molar-refractivity contribution in [3.8, 4) is 0 Å². The second kappa shape index (κ2) is 6.02. The van der Waals surface area contributed by atoms with Gasteiger partial charge in [0.05, 0.1) is 6.42 Å². The molecule has 3 aromatic rings. The summed E-state index contributed by atoms with van der Waals surface area (Å²) < 4.78 is 0. The van der Waals surface area contributed by atoms with E-state index in [1.165, 1.54) is 5.39 Å². The molecule has 0 aliphatic carbocycles. The van der Waals surface area contributed by atoms with E-state index in [4.69, 9.17) is 0 Å². The first-order chi connectivity index (χ1) is 10.6. The fourth-order valence-electron chi connectivity index (χ4n) is 2.68. The van der Waals surface area contributed by atoms with Crippen LogP contribution >= 0.6 is 0 Å². The van der Waals surface area contributed by atoms with Crippen molar-refractivity contribution in [1.29, 1.82) is 0 Å². The Morgan fingerprint density at radius 1 is 0.955 bits per heavy atom. The van der Waals surface area contributed by atoms with Gasteiger partial charge < -0.3 is 5.32 Å². The zero-order valence-corrected chi connectivity index (χ0v) is 12.9. The highest BCUT2D eigenvalue weighted by molar-refractivity contribution is 5.96. The number of hydrogen-bond acceptors (Lipinski definition) is 1. The molecule has 1 N–H and O–H groups in total. The maximum atomic E-state index is 12.4. The molecule has 0 aromatic heterocycles. The summed E-state index contributed by atoms with van der Waals surface area (Å²) >= 11 is 0. The number of hydrogen-bond donors (Lipinski definition) is 1. The summed E-state index contributed by atoms with van der Waals surface area (Å²) in [4.78, 5) is 12.4. The highest BCUT2D eigenvalue weighted by atomic mass is 16.1. The number of rotatable bonds is 3. The Labute approximate surface area is 130 Å². The molecule has 0 fully saturated rings. The van der Waals surface area contributed by atoms with Gasteiger partial charge in [0.15, 0.2) is 0 Å². The average Bonchev–Trinajstić information content (AvgIpc) is 2.51. The molecule has 0 bridgehead atoms. The Kier molecular flexibility index (Phi) is 3.92. The van der Waals surface area contributed by atoms with Crippen LogP contribution in [0.3, 0.4) is 0 Å². The van der Waals surface area contributed by atoms with Gasteiger partial charge in [-0.25, -0.2) is 0 Å². The predicted octanol–water partition coefficient (Wildman–Crippen LogP) is 4.64. The average molecular weight is 289 g/mol. The lowest BCUT2D eigenvalue weighted by Gasteiger charge is -2.10. The van der Waals surface area contributed by atoms with Crippen LogP contribution < -0.4 is 5.32 Å². The molecular weight excluding hydrogens is 270 g/mol. The van der Waals surface area contributed by atoms with Crippen molar-refractivity contribution in [3.63, 3.8) is 0 Å². The Bertz CT molecular complexity index is 831.